The molecule has 1 fully saturated rings. The molecule has 0 saturated carbocycles. The summed E-state index contributed by atoms with van der Waals surface area (Å²) in [6.07, 6.45) is 0.680. The minimum absolute atomic E-state index is 0.0120. The zero-order valence-corrected chi connectivity index (χ0v) is 19.8. The van der Waals surface area contributed by atoms with Crippen molar-refractivity contribution >= 4 is 5.91 Å². The molecule has 2 N–H and O–H groups in total. The fourth-order valence-corrected chi connectivity index (χ4v) is 4.55. The van der Waals surface area contributed by atoms with Gasteiger partial charge in [-0.05, 0) is 42.3 Å². The number of rotatable bonds is 9. The van der Waals surface area contributed by atoms with E-state index in [-0.39, 0.29) is 29.3 Å². The van der Waals surface area contributed by atoms with Gasteiger partial charge in [0.2, 0.25) is 5.91 Å². The van der Waals surface area contributed by atoms with E-state index < -0.39 is 0 Å². The van der Waals surface area contributed by atoms with Crippen LogP contribution in [0.15, 0.2) is 72.8 Å². The minimum atomic E-state index is -0.339. The Kier molecular flexibility index (Phi) is 8.21. The van der Waals surface area contributed by atoms with E-state index in [4.69, 9.17) is 9.47 Å². The molecular weight excluding hydrogens is 447 g/mol. The summed E-state index contributed by atoms with van der Waals surface area (Å²) in [4.78, 5) is 15.4. The lowest BCUT2D eigenvalue weighted by molar-refractivity contribution is -0.128. The summed E-state index contributed by atoms with van der Waals surface area (Å²) in [5.41, 5.74) is 1.98. The molecule has 7 heteroatoms. The standard InChI is InChI=1S/C28H31FN2O4/c1-34-27-8-3-2-5-22(27)15-30-28(33)23-13-21(19-35-26-7-4-6-24(29)14-26)17-31(18-23)16-20-9-11-25(32)12-10-20/h2-12,14,21,23,32H,13,15-19H2,1H3,(H,30,33)/t21-,23+/m0/s1. The average molecular weight is 479 g/mol. The summed E-state index contributed by atoms with van der Waals surface area (Å²) >= 11 is 0. The van der Waals surface area contributed by atoms with E-state index in [1.54, 1.807) is 31.4 Å². The number of methoxy groups -OCH3 is 1. The van der Waals surface area contributed by atoms with E-state index in [1.165, 1.54) is 12.1 Å². The molecule has 0 aromatic heterocycles. The first kappa shape index (κ1) is 24.5. The third kappa shape index (κ3) is 6.96. The Morgan fingerprint density at radius 2 is 1.89 bits per heavy atom. The number of hydrogen-bond donors (Lipinski definition) is 2. The first-order valence-corrected chi connectivity index (χ1v) is 11.8. The molecule has 0 unspecified atom stereocenters. The van der Waals surface area contributed by atoms with Gasteiger partial charge in [0.15, 0.2) is 0 Å². The summed E-state index contributed by atoms with van der Waals surface area (Å²) in [7, 11) is 1.62. The molecule has 4 rings (SSSR count). The number of aromatic hydroxyl groups is 1. The number of phenols is 1. The number of nitrogens with zero attached hydrogens (tertiary/aromatic N) is 1. The summed E-state index contributed by atoms with van der Waals surface area (Å²) in [6, 6.07) is 20.9. The molecule has 0 spiro atoms. The van der Waals surface area contributed by atoms with Gasteiger partial charge >= 0.3 is 0 Å². The fraction of sp³-hybridized carbons (Fsp3) is 0.321. The van der Waals surface area contributed by atoms with Gasteiger partial charge in [-0.3, -0.25) is 9.69 Å². The van der Waals surface area contributed by atoms with Crippen molar-refractivity contribution in [1.82, 2.24) is 10.2 Å². The number of para-hydroxylation sites is 1. The van der Waals surface area contributed by atoms with Crippen LogP contribution in [0.2, 0.25) is 0 Å². The lowest BCUT2D eigenvalue weighted by Gasteiger charge is -2.37. The van der Waals surface area contributed by atoms with Gasteiger partial charge in [-0.25, -0.2) is 4.39 Å². The Hall–Kier alpha value is -3.58. The van der Waals surface area contributed by atoms with E-state index in [0.717, 1.165) is 23.4 Å². The number of carbonyl (C=O) groups excluding carboxylic acids is 1. The van der Waals surface area contributed by atoms with Gasteiger partial charge in [0.1, 0.15) is 23.1 Å². The number of likely N-dealkylation sites (tertiary alicyclic amines) is 1. The van der Waals surface area contributed by atoms with Gasteiger partial charge < -0.3 is 19.9 Å². The number of benzene rings is 3. The lowest BCUT2D eigenvalue weighted by atomic mass is 9.88. The van der Waals surface area contributed by atoms with Crippen molar-refractivity contribution in [3.8, 4) is 17.2 Å². The number of phenolic OH excluding ortho intramolecular Hbond substituents is 1. The molecule has 1 heterocycles. The summed E-state index contributed by atoms with van der Waals surface area (Å²) in [6.45, 7) is 2.82. The smallest absolute Gasteiger partial charge is 0.224 e. The van der Waals surface area contributed by atoms with Crippen molar-refractivity contribution in [1.29, 1.82) is 0 Å². The molecule has 3 aromatic rings. The van der Waals surface area contributed by atoms with E-state index in [2.05, 4.69) is 10.2 Å². The summed E-state index contributed by atoms with van der Waals surface area (Å²) < 4.78 is 24.8. The monoisotopic (exact) mass is 478 g/mol. The number of hydrogen-bond acceptors (Lipinski definition) is 5. The molecule has 3 aromatic carbocycles. The van der Waals surface area contributed by atoms with E-state index >= 15 is 0 Å². The SMILES string of the molecule is COc1ccccc1CNC(=O)[C@@H]1C[C@H](COc2cccc(F)c2)CN(Cc2ccc(O)cc2)C1. The molecule has 0 aliphatic carbocycles. The normalized spacial score (nSPS) is 18.1. The highest BCUT2D eigenvalue weighted by Crippen LogP contribution is 2.26. The van der Waals surface area contributed by atoms with Crippen molar-refractivity contribution in [2.24, 2.45) is 11.8 Å². The van der Waals surface area contributed by atoms with Crippen LogP contribution in [0.3, 0.4) is 0 Å². The maximum Gasteiger partial charge on any atom is 0.224 e. The van der Waals surface area contributed by atoms with Gasteiger partial charge in [-0.2, -0.15) is 0 Å². The number of amides is 1. The van der Waals surface area contributed by atoms with Gasteiger partial charge in [-0.15, -0.1) is 0 Å². The Morgan fingerprint density at radius 1 is 1.09 bits per heavy atom. The predicted octanol–water partition coefficient (Wildman–Crippen LogP) is 4.37. The zero-order chi connectivity index (χ0) is 24.6. The lowest BCUT2D eigenvalue weighted by Crippen LogP contribution is -2.47. The molecule has 0 radical (unpaired) electrons. The average Bonchev–Trinajstić information content (AvgIpc) is 2.87. The van der Waals surface area contributed by atoms with E-state index in [9.17, 15) is 14.3 Å². The van der Waals surface area contributed by atoms with Crippen LogP contribution in [-0.4, -0.2) is 42.7 Å². The van der Waals surface area contributed by atoms with E-state index in [1.807, 2.05) is 36.4 Å². The van der Waals surface area contributed by atoms with Gasteiger partial charge in [0.05, 0.1) is 19.6 Å². The second-order valence-corrected chi connectivity index (χ2v) is 8.96. The Balaban J connectivity index is 1.42. The Morgan fingerprint density at radius 3 is 2.66 bits per heavy atom. The molecule has 35 heavy (non-hydrogen) atoms. The first-order valence-electron chi connectivity index (χ1n) is 11.8. The largest absolute Gasteiger partial charge is 0.508 e. The predicted molar refractivity (Wildman–Crippen MR) is 132 cm³/mol. The topological polar surface area (TPSA) is 71.0 Å². The Labute approximate surface area is 205 Å². The number of piperidine rings is 1. The third-order valence-corrected chi connectivity index (χ3v) is 6.25. The number of nitrogens with one attached hydrogen (secondary N) is 1. The van der Waals surface area contributed by atoms with Crippen molar-refractivity contribution in [3.63, 3.8) is 0 Å². The van der Waals surface area contributed by atoms with Crippen LogP contribution in [-0.2, 0) is 17.9 Å². The molecular formula is C28H31FN2O4. The molecule has 2 atom stereocenters. The highest BCUT2D eigenvalue weighted by atomic mass is 19.1. The van der Waals surface area contributed by atoms with Crippen LogP contribution in [0.1, 0.15) is 17.5 Å². The van der Waals surface area contributed by atoms with Crippen LogP contribution in [0.5, 0.6) is 17.2 Å². The zero-order valence-electron chi connectivity index (χ0n) is 19.8. The number of ether oxygens (including phenoxy) is 2. The number of carbonyl (C=O) groups is 1. The van der Waals surface area contributed by atoms with Gasteiger partial charge in [0, 0.05) is 43.7 Å². The number of halogens is 1. The molecule has 184 valence electrons. The maximum atomic E-state index is 13.5. The van der Waals surface area contributed by atoms with Crippen LogP contribution in [0.4, 0.5) is 4.39 Å². The molecule has 6 nitrogen and oxygen atoms in total. The van der Waals surface area contributed by atoms with Crippen LogP contribution in [0, 0.1) is 17.7 Å². The maximum absolute atomic E-state index is 13.5. The quantitative estimate of drug-likeness (QED) is 0.478. The molecule has 1 aliphatic rings. The molecule has 1 amide bonds. The van der Waals surface area contributed by atoms with Crippen LogP contribution in [0.25, 0.3) is 0 Å². The highest BCUT2D eigenvalue weighted by Gasteiger charge is 2.32. The molecule has 1 aliphatic heterocycles. The fourth-order valence-electron chi connectivity index (χ4n) is 4.55. The third-order valence-electron chi connectivity index (χ3n) is 6.25. The van der Waals surface area contributed by atoms with Gasteiger partial charge in [0.25, 0.3) is 0 Å². The second-order valence-electron chi connectivity index (χ2n) is 8.96. The first-order chi connectivity index (χ1) is 17.0. The Bertz CT molecular complexity index is 1120. The van der Waals surface area contributed by atoms with E-state index in [0.29, 0.717) is 38.4 Å². The summed E-state index contributed by atoms with van der Waals surface area (Å²) in [5, 5.41) is 12.7. The minimum Gasteiger partial charge on any atom is -0.508 e. The summed E-state index contributed by atoms with van der Waals surface area (Å²) in [5.74, 6) is 0.991. The van der Waals surface area contributed by atoms with Gasteiger partial charge in [-0.1, -0.05) is 36.4 Å². The molecule has 0 bridgehead atoms. The molecule has 1 saturated heterocycles. The van der Waals surface area contributed by atoms with Crippen LogP contribution < -0.4 is 14.8 Å². The highest BCUT2D eigenvalue weighted by molar-refractivity contribution is 5.79. The van der Waals surface area contributed by atoms with Crippen molar-refractivity contribution in [2.75, 3.05) is 26.8 Å². The van der Waals surface area contributed by atoms with Crippen molar-refractivity contribution in [3.05, 3.63) is 89.7 Å². The van der Waals surface area contributed by atoms with Crippen LogP contribution >= 0.6 is 0 Å². The second kappa shape index (κ2) is 11.7. The van der Waals surface area contributed by atoms with Crippen molar-refractivity contribution in [2.45, 2.75) is 19.5 Å². The van der Waals surface area contributed by atoms with Crippen molar-refractivity contribution < 1.29 is 23.8 Å².